The van der Waals surface area contributed by atoms with Crippen LogP contribution in [0.4, 0.5) is 0 Å². The zero-order chi connectivity index (χ0) is 10.8. The molecular formula is C9H8Cl2O2S. The van der Waals surface area contributed by atoms with Crippen molar-refractivity contribution in [3.63, 3.8) is 0 Å². The quantitative estimate of drug-likeness (QED) is 0.809. The fourth-order valence-corrected chi connectivity index (χ4v) is 2.34. The SMILES string of the molecule is Cc1ccc(S(=O)(=O)C(Cl)=CCl)cc1. The van der Waals surface area contributed by atoms with Gasteiger partial charge in [0.2, 0.25) is 9.84 Å². The van der Waals surface area contributed by atoms with Crippen LogP contribution in [0.1, 0.15) is 5.56 Å². The second-order valence-corrected chi connectivity index (χ2v) is 5.50. The van der Waals surface area contributed by atoms with E-state index in [4.69, 9.17) is 23.2 Å². The smallest absolute Gasteiger partial charge is 0.218 e. The van der Waals surface area contributed by atoms with E-state index in [1.165, 1.54) is 12.1 Å². The summed E-state index contributed by atoms with van der Waals surface area (Å²) in [6.07, 6.45) is 0. The molecule has 0 unspecified atom stereocenters. The van der Waals surface area contributed by atoms with E-state index in [1.54, 1.807) is 12.1 Å². The molecule has 0 aliphatic rings. The van der Waals surface area contributed by atoms with E-state index in [2.05, 4.69) is 0 Å². The molecule has 1 rings (SSSR count). The van der Waals surface area contributed by atoms with Crippen LogP contribution in [-0.4, -0.2) is 8.42 Å². The topological polar surface area (TPSA) is 34.1 Å². The molecule has 0 radical (unpaired) electrons. The molecule has 2 nitrogen and oxygen atoms in total. The van der Waals surface area contributed by atoms with Crippen molar-refractivity contribution in [2.45, 2.75) is 11.8 Å². The molecule has 0 saturated heterocycles. The molecule has 5 heteroatoms. The molecule has 0 N–H and O–H groups in total. The van der Waals surface area contributed by atoms with Crippen LogP contribution in [0.15, 0.2) is 39.1 Å². The third kappa shape index (κ3) is 2.29. The Labute approximate surface area is 93.1 Å². The first-order chi connectivity index (χ1) is 6.48. The van der Waals surface area contributed by atoms with Gasteiger partial charge in [0.15, 0.2) is 0 Å². The number of hydrogen-bond acceptors (Lipinski definition) is 2. The summed E-state index contributed by atoms with van der Waals surface area (Å²) in [5.74, 6) is 0. The van der Waals surface area contributed by atoms with E-state index in [1.807, 2.05) is 6.92 Å². The standard InChI is InChI=1S/C9H8Cl2O2S/c1-7-2-4-8(5-3-7)14(12,13)9(11)6-10/h2-6H,1H3. The molecule has 0 fully saturated rings. The lowest BCUT2D eigenvalue weighted by Gasteiger charge is -2.01. The van der Waals surface area contributed by atoms with Crippen molar-refractivity contribution in [2.75, 3.05) is 0 Å². The zero-order valence-corrected chi connectivity index (χ0v) is 9.70. The van der Waals surface area contributed by atoms with Gasteiger partial charge in [-0.1, -0.05) is 40.9 Å². The van der Waals surface area contributed by atoms with E-state index >= 15 is 0 Å². The van der Waals surface area contributed by atoms with Crippen molar-refractivity contribution in [3.8, 4) is 0 Å². The Hall–Kier alpha value is -0.510. The number of sulfone groups is 1. The lowest BCUT2D eigenvalue weighted by Crippen LogP contribution is -1.99. The Morgan fingerprint density at radius 2 is 1.79 bits per heavy atom. The van der Waals surface area contributed by atoms with Crippen molar-refractivity contribution < 1.29 is 8.42 Å². The van der Waals surface area contributed by atoms with Gasteiger partial charge in [0.25, 0.3) is 0 Å². The van der Waals surface area contributed by atoms with Crippen LogP contribution in [0.25, 0.3) is 0 Å². The minimum Gasteiger partial charge on any atom is -0.218 e. The average molecular weight is 251 g/mol. The molecule has 14 heavy (non-hydrogen) atoms. The molecule has 0 aliphatic carbocycles. The largest absolute Gasteiger partial charge is 0.218 e. The number of aryl methyl sites for hydroxylation is 1. The monoisotopic (exact) mass is 250 g/mol. The first-order valence-corrected chi connectivity index (χ1v) is 6.06. The lowest BCUT2D eigenvalue weighted by atomic mass is 10.2. The van der Waals surface area contributed by atoms with Crippen molar-refractivity contribution in [1.29, 1.82) is 0 Å². The number of hydrogen-bond donors (Lipinski definition) is 0. The third-order valence-corrected chi connectivity index (χ3v) is 4.38. The number of rotatable bonds is 2. The van der Waals surface area contributed by atoms with Crippen LogP contribution in [0.5, 0.6) is 0 Å². The van der Waals surface area contributed by atoms with Crippen LogP contribution >= 0.6 is 23.2 Å². The predicted molar refractivity (Wildman–Crippen MR) is 58.2 cm³/mol. The van der Waals surface area contributed by atoms with Gasteiger partial charge in [-0.2, -0.15) is 0 Å². The molecule has 0 atom stereocenters. The normalized spacial score (nSPS) is 12.9. The summed E-state index contributed by atoms with van der Waals surface area (Å²) < 4.78 is 22.8. The number of halogens is 2. The van der Waals surface area contributed by atoms with Gasteiger partial charge in [0, 0.05) is 5.54 Å². The molecule has 1 aromatic rings. The summed E-state index contributed by atoms with van der Waals surface area (Å²) in [4.78, 5) is 0.144. The fourth-order valence-electron chi connectivity index (χ4n) is 0.889. The highest BCUT2D eigenvalue weighted by atomic mass is 35.5. The highest BCUT2D eigenvalue weighted by Crippen LogP contribution is 2.22. The van der Waals surface area contributed by atoms with Crippen LogP contribution in [0.3, 0.4) is 0 Å². The molecule has 1 aromatic carbocycles. The summed E-state index contributed by atoms with van der Waals surface area (Å²) in [5.41, 5.74) is 1.83. The minimum atomic E-state index is -3.61. The summed E-state index contributed by atoms with van der Waals surface area (Å²) in [6.45, 7) is 1.87. The zero-order valence-electron chi connectivity index (χ0n) is 7.37. The van der Waals surface area contributed by atoms with Crippen LogP contribution < -0.4 is 0 Å². The Bertz CT molecular complexity index is 446. The average Bonchev–Trinajstić information content (AvgIpc) is 2.17. The maximum atomic E-state index is 11.6. The number of benzene rings is 1. The molecular weight excluding hydrogens is 243 g/mol. The van der Waals surface area contributed by atoms with E-state index in [0.717, 1.165) is 11.1 Å². The van der Waals surface area contributed by atoms with E-state index < -0.39 is 9.84 Å². The molecule has 0 saturated carbocycles. The van der Waals surface area contributed by atoms with Gasteiger partial charge in [0.1, 0.15) is 4.36 Å². The van der Waals surface area contributed by atoms with Crippen molar-refractivity contribution in [3.05, 3.63) is 39.7 Å². The van der Waals surface area contributed by atoms with E-state index in [9.17, 15) is 8.42 Å². The first-order valence-electron chi connectivity index (χ1n) is 3.76. The molecule has 0 bridgehead atoms. The molecule has 0 aliphatic heterocycles. The van der Waals surface area contributed by atoms with Crippen molar-refractivity contribution >= 4 is 33.0 Å². The van der Waals surface area contributed by atoms with Gasteiger partial charge < -0.3 is 0 Å². The molecule has 0 spiro atoms. The fraction of sp³-hybridized carbons (Fsp3) is 0.111. The van der Waals surface area contributed by atoms with Crippen LogP contribution in [0, 0.1) is 6.92 Å². The van der Waals surface area contributed by atoms with Crippen LogP contribution in [0.2, 0.25) is 0 Å². The van der Waals surface area contributed by atoms with Gasteiger partial charge in [-0.15, -0.1) is 0 Å². The van der Waals surface area contributed by atoms with Gasteiger partial charge in [-0.25, -0.2) is 8.42 Å². The maximum absolute atomic E-state index is 11.6. The third-order valence-electron chi connectivity index (χ3n) is 1.67. The minimum absolute atomic E-state index is 0.144. The van der Waals surface area contributed by atoms with Crippen molar-refractivity contribution in [1.82, 2.24) is 0 Å². The van der Waals surface area contributed by atoms with Gasteiger partial charge in [-0.05, 0) is 19.1 Å². The molecule has 76 valence electrons. The Balaban J connectivity index is 3.25. The molecule has 0 aromatic heterocycles. The Morgan fingerprint density at radius 3 is 2.21 bits per heavy atom. The summed E-state index contributed by atoms with van der Waals surface area (Å²) >= 11 is 10.7. The van der Waals surface area contributed by atoms with E-state index in [-0.39, 0.29) is 9.26 Å². The Morgan fingerprint density at radius 1 is 1.29 bits per heavy atom. The summed E-state index contributed by atoms with van der Waals surface area (Å²) in [5, 5.41) is 0. The second kappa shape index (κ2) is 4.34. The second-order valence-electron chi connectivity index (χ2n) is 2.73. The van der Waals surface area contributed by atoms with Crippen LogP contribution in [-0.2, 0) is 9.84 Å². The highest BCUT2D eigenvalue weighted by Gasteiger charge is 2.17. The summed E-state index contributed by atoms with van der Waals surface area (Å²) in [6, 6.07) is 6.39. The summed E-state index contributed by atoms with van der Waals surface area (Å²) in [7, 11) is -3.61. The lowest BCUT2D eigenvalue weighted by molar-refractivity contribution is 0.604. The van der Waals surface area contributed by atoms with Gasteiger partial charge in [-0.3, -0.25) is 0 Å². The van der Waals surface area contributed by atoms with Crippen molar-refractivity contribution in [2.24, 2.45) is 0 Å². The highest BCUT2D eigenvalue weighted by molar-refractivity contribution is 7.97. The van der Waals surface area contributed by atoms with Gasteiger partial charge in [0.05, 0.1) is 4.90 Å². The Kier molecular flexibility index (Phi) is 3.59. The predicted octanol–water partition coefficient (Wildman–Crippen LogP) is 3.05. The molecule has 0 amide bonds. The van der Waals surface area contributed by atoms with E-state index in [0.29, 0.717) is 0 Å². The maximum Gasteiger partial charge on any atom is 0.218 e. The van der Waals surface area contributed by atoms with Gasteiger partial charge >= 0.3 is 0 Å². The molecule has 0 heterocycles. The first kappa shape index (κ1) is 11.6.